The van der Waals surface area contributed by atoms with Crippen LogP contribution in [0.5, 0.6) is 0 Å². The summed E-state index contributed by atoms with van der Waals surface area (Å²) in [6.07, 6.45) is 2.65. The highest BCUT2D eigenvalue weighted by Crippen LogP contribution is 2.39. The molecule has 1 saturated heterocycles. The fraction of sp³-hybridized carbons (Fsp3) is 0.700. The van der Waals surface area contributed by atoms with Gasteiger partial charge in [0, 0.05) is 24.8 Å². The normalized spacial score (nSPS) is 19.7. The predicted octanol–water partition coefficient (Wildman–Crippen LogP) is 5.90. The first-order chi connectivity index (χ1) is 12.9. The van der Waals surface area contributed by atoms with Gasteiger partial charge in [-0.15, -0.1) is 0 Å². The summed E-state index contributed by atoms with van der Waals surface area (Å²) in [4.78, 5) is 1.35. The largest absolute Gasteiger partial charge is 0.363 e. The Morgan fingerprint density at radius 3 is 2.37 bits per heavy atom. The third kappa shape index (κ3) is 6.26. The first-order valence-corrected chi connectivity index (χ1v) is 10.1. The summed E-state index contributed by atoms with van der Waals surface area (Å²) in [5.74, 6) is -4.66. The lowest BCUT2D eigenvalue weighted by molar-refractivity contribution is -0.228. The molecule has 0 spiro atoms. The predicted molar refractivity (Wildman–Crippen MR) is 102 cm³/mol. The zero-order valence-corrected chi connectivity index (χ0v) is 16.8. The molecule has 1 aromatic rings. The molecule has 0 N–H and O–H groups in total. The van der Waals surface area contributed by atoms with Crippen LogP contribution in [0.4, 0.5) is 18.9 Å². The van der Waals surface area contributed by atoms with E-state index in [0.717, 1.165) is 25.7 Å². The third-order valence-corrected chi connectivity index (χ3v) is 5.03. The van der Waals surface area contributed by atoms with Crippen molar-refractivity contribution in [2.75, 3.05) is 31.2 Å². The van der Waals surface area contributed by atoms with Crippen molar-refractivity contribution in [2.24, 2.45) is 5.92 Å². The molecule has 27 heavy (non-hydrogen) atoms. The molecule has 0 radical (unpaired) electrons. The van der Waals surface area contributed by atoms with E-state index in [0.29, 0.717) is 24.8 Å². The Hall–Kier alpha value is -0.980. The molecule has 1 atom stereocenters. The smallest absolute Gasteiger partial charge is 0.272 e. The quantitative estimate of drug-likeness (QED) is 0.356. The maximum absolute atomic E-state index is 14.9. The van der Waals surface area contributed by atoms with Gasteiger partial charge in [-0.05, 0) is 37.5 Å². The van der Waals surface area contributed by atoms with Crippen LogP contribution >= 0.6 is 11.6 Å². The zero-order chi connectivity index (χ0) is 19.9. The number of halogens is 4. The van der Waals surface area contributed by atoms with E-state index in [-0.39, 0.29) is 12.1 Å². The molecule has 1 heterocycles. The van der Waals surface area contributed by atoms with Crippen molar-refractivity contribution in [1.82, 2.24) is 0 Å². The Morgan fingerprint density at radius 1 is 1.19 bits per heavy atom. The Kier molecular flexibility index (Phi) is 8.70. The van der Waals surface area contributed by atoms with Crippen LogP contribution in [0, 0.1) is 11.7 Å². The second-order valence-corrected chi connectivity index (χ2v) is 7.43. The Labute approximate surface area is 164 Å². The van der Waals surface area contributed by atoms with Gasteiger partial charge in [0.15, 0.2) is 6.29 Å². The summed E-state index contributed by atoms with van der Waals surface area (Å²) in [5, 5.41) is 0.320. The molecule has 0 amide bonds. The first kappa shape index (κ1) is 22.3. The fourth-order valence-electron chi connectivity index (χ4n) is 3.19. The molecule has 1 aliphatic heterocycles. The number of piperidine rings is 1. The van der Waals surface area contributed by atoms with Gasteiger partial charge >= 0.3 is 0 Å². The van der Waals surface area contributed by atoms with Crippen LogP contribution in [-0.2, 0) is 9.47 Å². The van der Waals surface area contributed by atoms with Gasteiger partial charge in [0.2, 0.25) is 0 Å². The second kappa shape index (κ2) is 10.5. The van der Waals surface area contributed by atoms with Gasteiger partial charge < -0.3 is 14.4 Å². The van der Waals surface area contributed by atoms with Crippen molar-refractivity contribution in [1.29, 1.82) is 0 Å². The molecule has 2 rings (SSSR count). The Balaban J connectivity index is 2.09. The number of hydrogen-bond acceptors (Lipinski definition) is 3. The molecular formula is C20H29ClF3NO2. The lowest BCUT2D eigenvalue weighted by atomic mass is 9.91. The lowest BCUT2D eigenvalue weighted by Gasteiger charge is -2.42. The second-order valence-electron chi connectivity index (χ2n) is 6.99. The minimum absolute atomic E-state index is 0.107. The van der Waals surface area contributed by atoms with Gasteiger partial charge in [-0.3, -0.25) is 0 Å². The molecule has 0 aromatic heterocycles. The highest BCUT2D eigenvalue weighted by atomic mass is 35.5. The first-order valence-electron chi connectivity index (χ1n) is 9.70. The van der Waals surface area contributed by atoms with Crippen molar-refractivity contribution in [2.45, 2.75) is 58.2 Å². The minimum Gasteiger partial charge on any atom is -0.363 e. The lowest BCUT2D eigenvalue weighted by Crippen LogP contribution is -2.53. The van der Waals surface area contributed by atoms with Gasteiger partial charge in [-0.2, -0.15) is 0 Å². The van der Waals surface area contributed by atoms with Crippen molar-refractivity contribution in [3.8, 4) is 0 Å². The maximum Gasteiger partial charge on any atom is 0.272 e. The number of nitrogens with zero attached hydrogens (tertiary/aromatic N) is 1. The number of benzene rings is 1. The number of rotatable bonds is 10. The molecule has 0 bridgehead atoms. The van der Waals surface area contributed by atoms with Gasteiger partial charge in [-0.1, -0.05) is 38.3 Å². The van der Waals surface area contributed by atoms with E-state index in [1.54, 1.807) is 0 Å². The van der Waals surface area contributed by atoms with Crippen LogP contribution in [0.25, 0.3) is 0 Å². The minimum atomic E-state index is -3.06. The van der Waals surface area contributed by atoms with Crippen molar-refractivity contribution < 1.29 is 22.6 Å². The highest BCUT2D eigenvalue weighted by molar-refractivity contribution is 6.30. The molecule has 0 saturated carbocycles. The zero-order valence-electron chi connectivity index (χ0n) is 16.0. The summed E-state index contributed by atoms with van der Waals surface area (Å²) in [7, 11) is 0. The third-order valence-electron chi connectivity index (χ3n) is 4.79. The summed E-state index contributed by atoms with van der Waals surface area (Å²) >= 11 is 5.91. The summed E-state index contributed by atoms with van der Waals surface area (Å²) in [6, 6.07) is 4.00. The standard InChI is InChI=1S/C20H29ClF3NO2/c1-3-5-11-26-19(27-12-6-4-2)16-9-10-25(14-20(16,23)24)18-13-15(21)7-8-17(18)22/h7-8,13,16,19H,3-6,9-12,14H2,1-2H3. The molecule has 7 heteroatoms. The van der Waals surface area contributed by atoms with Crippen LogP contribution < -0.4 is 4.90 Å². The van der Waals surface area contributed by atoms with E-state index in [1.807, 2.05) is 13.8 Å². The molecule has 1 aliphatic rings. The van der Waals surface area contributed by atoms with Gasteiger partial charge in [0.1, 0.15) is 5.82 Å². The molecule has 0 aliphatic carbocycles. The number of anilines is 1. The van der Waals surface area contributed by atoms with Crippen LogP contribution in [0.3, 0.4) is 0 Å². The number of ether oxygens (including phenoxy) is 2. The van der Waals surface area contributed by atoms with Crippen LogP contribution in [0.2, 0.25) is 5.02 Å². The van der Waals surface area contributed by atoms with Gasteiger partial charge in [0.25, 0.3) is 5.92 Å². The average molecular weight is 408 g/mol. The van der Waals surface area contributed by atoms with Gasteiger partial charge in [-0.25, -0.2) is 13.2 Å². The highest BCUT2D eigenvalue weighted by Gasteiger charge is 2.49. The molecule has 1 unspecified atom stereocenters. The Morgan fingerprint density at radius 2 is 1.81 bits per heavy atom. The SMILES string of the molecule is CCCCOC(OCCCC)C1CCN(c2cc(Cl)ccc2F)CC1(F)F. The number of unbranched alkanes of at least 4 members (excludes halogenated alkanes) is 2. The van der Waals surface area contributed by atoms with E-state index < -0.39 is 30.5 Å². The maximum atomic E-state index is 14.9. The van der Waals surface area contributed by atoms with Gasteiger partial charge in [0.05, 0.1) is 18.2 Å². The Bertz CT molecular complexity index is 578. The van der Waals surface area contributed by atoms with Crippen LogP contribution in [-0.4, -0.2) is 38.5 Å². The molecule has 3 nitrogen and oxygen atoms in total. The summed E-state index contributed by atoms with van der Waals surface area (Å²) < 4.78 is 55.3. The van der Waals surface area contributed by atoms with Crippen LogP contribution in [0.1, 0.15) is 46.0 Å². The topological polar surface area (TPSA) is 21.7 Å². The summed E-state index contributed by atoms with van der Waals surface area (Å²) in [6.45, 7) is 4.53. The van der Waals surface area contributed by atoms with Crippen molar-refractivity contribution in [3.05, 3.63) is 29.0 Å². The van der Waals surface area contributed by atoms with E-state index >= 15 is 0 Å². The number of hydrogen-bond donors (Lipinski definition) is 0. The molecular weight excluding hydrogens is 379 g/mol. The van der Waals surface area contributed by atoms with E-state index in [2.05, 4.69) is 0 Å². The van der Waals surface area contributed by atoms with E-state index in [9.17, 15) is 13.2 Å². The van der Waals surface area contributed by atoms with Crippen molar-refractivity contribution >= 4 is 17.3 Å². The monoisotopic (exact) mass is 407 g/mol. The molecule has 1 fully saturated rings. The molecule has 1 aromatic carbocycles. The summed E-state index contributed by atoms with van der Waals surface area (Å²) in [5.41, 5.74) is 0.107. The average Bonchev–Trinajstić information content (AvgIpc) is 2.62. The molecule has 154 valence electrons. The van der Waals surface area contributed by atoms with E-state index in [1.165, 1.54) is 23.1 Å². The van der Waals surface area contributed by atoms with Crippen LogP contribution in [0.15, 0.2) is 18.2 Å². The van der Waals surface area contributed by atoms with E-state index in [4.69, 9.17) is 21.1 Å². The fourth-order valence-corrected chi connectivity index (χ4v) is 3.36. The number of alkyl halides is 2. The van der Waals surface area contributed by atoms with Crippen molar-refractivity contribution in [3.63, 3.8) is 0 Å².